The molecule has 0 spiro atoms. The first kappa shape index (κ1) is 15.0. The van der Waals surface area contributed by atoms with Crippen LogP contribution in [0.25, 0.3) is 0 Å². The molecule has 0 aliphatic heterocycles. The zero-order valence-corrected chi connectivity index (χ0v) is 10.6. The summed E-state index contributed by atoms with van der Waals surface area (Å²) in [5.41, 5.74) is 3.90. The molecular formula is C10H14F3N5O. The van der Waals surface area contributed by atoms with E-state index in [0.29, 0.717) is 0 Å². The van der Waals surface area contributed by atoms with Gasteiger partial charge < -0.3 is 16.4 Å². The van der Waals surface area contributed by atoms with Crippen molar-refractivity contribution in [3.8, 4) is 0 Å². The first-order chi connectivity index (χ1) is 8.56. The van der Waals surface area contributed by atoms with Crippen LogP contribution in [0.4, 0.5) is 24.8 Å². The second-order valence-electron chi connectivity index (χ2n) is 4.32. The Balaban J connectivity index is 3.18. The van der Waals surface area contributed by atoms with E-state index in [1.807, 2.05) is 0 Å². The van der Waals surface area contributed by atoms with Crippen molar-refractivity contribution in [1.82, 2.24) is 9.97 Å². The van der Waals surface area contributed by atoms with E-state index >= 15 is 0 Å². The van der Waals surface area contributed by atoms with Crippen LogP contribution < -0.4 is 16.4 Å². The second-order valence-corrected chi connectivity index (χ2v) is 4.32. The van der Waals surface area contributed by atoms with Crippen molar-refractivity contribution in [3.05, 3.63) is 11.9 Å². The number of halogens is 3. The molecule has 0 radical (unpaired) electrons. The van der Waals surface area contributed by atoms with Crippen molar-refractivity contribution in [3.63, 3.8) is 0 Å². The summed E-state index contributed by atoms with van der Waals surface area (Å²) in [6.07, 6.45) is -4.68. The van der Waals surface area contributed by atoms with Crippen LogP contribution in [0.2, 0.25) is 0 Å². The normalized spacial score (nSPS) is 12.1. The minimum Gasteiger partial charge on any atom is -0.373 e. The van der Waals surface area contributed by atoms with E-state index in [4.69, 9.17) is 5.73 Å². The number of hydrogen-bond acceptors (Lipinski definition) is 5. The third kappa shape index (κ3) is 3.70. The molecule has 1 amide bonds. The van der Waals surface area contributed by atoms with Crippen LogP contribution >= 0.6 is 0 Å². The molecule has 1 rings (SSSR count). The molecule has 1 heterocycles. The highest BCUT2D eigenvalue weighted by molar-refractivity contribution is 5.86. The molecule has 9 heteroatoms. The fraction of sp³-hybridized carbons (Fsp3) is 0.500. The van der Waals surface area contributed by atoms with Crippen LogP contribution in [-0.2, 0) is 11.0 Å². The summed E-state index contributed by atoms with van der Waals surface area (Å²) in [6, 6.07) is 1.25. The molecule has 0 unspecified atom stereocenters. The Morgan fingerprint density at radius 2 is 1.79 bits per heavy atom. The largest absolute Gasteiger partial charge is 0.451 e. The smallest absolute Gasteiger partial charge is 0.373 e. The van der Waals surface area contributed by atoms with Crippen molar-refractivity contribution in [2.45, 2.75) is 25.6 Å². The Morgan fingerprint density at radius 3 is 2.21 bits per heavy atom. The molecule has 1 aromatic heterocycles. The van der Waals surface area contributed by atoms with Gasteiger partial charge in [0.1, 0.15) is 17.2 Å². The van der Waals surface area contributed by atoms with E-state index in [-0.39, 0.29) is 11.6 Å². The molecule has 0 atom stereocenters. The van der Waals surface area contributed by atoms with Crippen molar-refractivity contribution < 1.29 is 18.0 Å². The number of amides is 1. The van der Waals surface area contributed by atoms with Crippen LogP contribution in [0.3, 0.4) is 0 Å². The van der Waals surface area contributed by atoms with E-state index in [2.05, 4.69) is 20.6 Å². The number of carbonyl (C=O) groups excluding carboxylic acids is 1. The van der Waals surface area contributed by atoms with Gasteiger partial charge in [0.05, 0.1) is 0 Å². The standard InChI is InChI=1S/C10H14F3N5O/c1-9(2,7(14)19)18-6-4-5(15-3)16-8(17-6)10(11,12)13/h4H,1-3H3,(H2,14,19)(H2,15,16,17,18). The number of nitrogens with zero attached hydrogens (tertiary/aromatic N) is 2. The molecule has 4 N–H and O–H groups in total. The number of rotatable bonds is 4. The average Bonchev–Trinajstić information content (AvgIpc) is 2.26. The van der Waals surface area contributed by atoms with Crippen LogP contribution in [-0.4, -0.2) is 28.5 Å². The minimum atomic E-state index is -4.68. The lowest BCUT2D eigenvalue weighted by atomic mass is 10.1. The summed E-state index contributed by atoms with van der Waals surface area (Å²) >= 11 is 0. The zero-order chi connectivity index (χ0) is 14.8. The van der Waals surface area contributed by atoms with Gasteiger partial charge >= 0.3 is 6.18 Å². The van der Waals surface area contributed by atoms with Crippen LogP contribution in [0.1, 0.15) is 19.7 Å². The number of hydrogen-bond donors (Lipinski definition) is 3. The topological polar surface area (TPSA) is 92.9 Å². The number of alkyl halides is 3. The number of carbonyl (C=O) groups is 1. The minimum absolute atomic E-state index is 0.0231. The van der Waals surface area contributed by atoms with Gasteiger partial charge in [-0.1, -0.05) is 0 Å². The van der Waals surface area contributed by atoms with Gasteiger partial charge in [0.15, 0.2) is 0 Å². The molecule has 0 aromatic carbocycles. The highest BCUT2D eigenvalue weighted by Crippen LogP contribution is 2.28. The van der Waals surface area contributed by atoms with Crippen LogP contribution in [0.5, 0.6) is 0 Å². The molecular weight excluding hydrogens is 263 g/mol. The van der Waals surface area contributed by atoms with Gasteiger partial charge in [0, 0.05) is 13.1 Å². The van der Waals surface area contributed by atoms with Crippen molar-refractivity contribution in [2.75, 3.05) is 17.7 Å². The first-order valence-corrected chi connectivity index (χ1v) is 5.28. The number of primary amides is 1. The Labute approximate surface area is 107 Å². The maximum absolute atomic E-state index is 12.6. The van der Waals surface area contributed by atoms with E-state index < -0.39 is 23.4 Å². The average molecular weight is 277 g/mol. The summed E-state index contributed by atoms with van der Waals surface area (Å²) in [7, 11) is 1.42. The van der Waals surface area contributed by atoms with Gasteiger partial charge in [-0.15, -0.1) is 0 Å². The van der Waals surface area contributed by atoms with Gasteiger partial charge in [-0.25, -0.2) is 9.97 Å². The number of nitrogens with one attached hydrogen (secondary N) is 2. The third-order valence-corrected chi connectivity index (χ3v) is 2.29. The van der Waals surface area contributed by atoms with Gasteiger partial charge in [0.25, 0.3) is 0 Å². The lowest BCUT2D eigenvalue weighted by Crippen LogP contribution is -2.45. The fourth-order valence-corrected chi connectivity index (χ4v) is 1.15. The molecule has 0 saturated heterocycles. The van der Waals surface area contributed by atoms with E-state index in [0.717, 1.165) is 0 Å². The third-order valence-electron chi connectivity index (χ3n) is 2.29. The predicted octanol–water partition coefficient (Wildman–Crippen LogP) is 1.21. The fourth-order valence-electron chi connectivity index (χ4n) is 1.15. The highest BCUT2D eigenvalue weighted by Gasteiger charge is 2.36. The molecule has 0 aliphatic rings. The molecule has 0 saturated carbocycles. The highest BCUT2D eigenvalue weighted by atomic mass is 19.4. The van der Waals surface area contributed by atoms with E-state index in [1.165, 1.54) is 27.0 Å². The number of aromatic nitrogens is 2. The molecule has 0 bridgehead atoms. The predicted molar refractivity (Wildman–Crippen MR) is 63.5 cm³/mol. The van der Waals surface area contributed by atoms with E-state index in [9.17, 15) is 18.0 Å². The quantitative estimate of drug-likeness (QED) is 0.769. The zero-order valence-electron chi connectivity index (χ0n) is 10.6. The van der Waals surface area contributed by atoms with Crippen molar-refractivity contribution >= 4 is 17.5 Å². The maximum Gasteiger partial charge on any atom is 0.451 e. The molecule has 19 heavy (non-hydrogen) atoms. The monoisotopic (exact) mass is 277 g/mol. The molecule has 0 aliphatic carbocycles. The van der Waals surface area contributed by atoms with Gasteiger partial charge in [-0.2, -0.15) is 13.2 Å². The van der Waals surface area contributed by atoms with Crippen LogP contribution in [0.15, 0.2) is 6.07 Å². The number of anilines is 2. The molecule has 1 aromatic rings. The molecule has 6 nitrogen and oxygen atoms in total. The maximum atomic E-state index is 12.6. The summed E-state index contributed by atoms with van der Waals surface area (Å²) < 4.78 is 37.8. The molecule has 106 valence electrons. The van der Waals surface area contributed by atoms with Crippen molar-refractivity contribution in [1.29, 1.82) is 0 Å². The summed E-state index contributed by atoms with van der Waals surface area (Å²) in [6.45, 7) is 2.87. The lowest BCUT2D eigenvalue weighted by Gasteiger charge is -2.23. The van der Waals surface area contributed by atoms with Crippen molar-refractivity contribution in [2.24, 2.45) is 5.73 Å². The Hall–Kier alpha value is -2.06. The number of nitrogens with two attached hydrogens (primary N) is 1. The first-order valence-electron chi connectivity index (χ1n) is 5.28. The summed E-state index contributed by atoms with van der Waals surface area (Å²) in [4.78, 5) is 17.8. The SMILES string of the molecule is CNc1cc(NC(C)(C)C(N)=O)nc(C(F)(F)F)n1. The Kier molecular flexibility index (Phi) is 3.87. The summed E-state index contributed by atoms with van der Waals surface area (Å²) in [5, 5.41) is 5.03. The van der Waals surface area contributed by atoms with Gasteiger partial charge in [-0.05, 0) is 13.8 Å². The van der Waals surface area contributed by atoms with Crippen LogP contribution in [0, 0.1) is 0 Å². The summed E-state index contributed by atoms with van der Waals surface area (Å²) in [5.74, 6) is -2.19. The second kappa shape index (κ2) is 4.90. The molecule has 0 fully saturated rings. The van der Waals surface area contributed by atoms with Gasteiger partial charge in [0.2, 0.25) is 11.7 Å². The van der Waals surface area contributed by atoms with E-state index in [1.54, 1.807) is 0 Å². The Bertz CT molecular complexity index is 487. The van der Waals surface area contributed by atoms with Gasteiger partial charge in [-0.3, -0.25) is 4.79 Å². The lowest BCUT2D eigenvalue weighted by molar-refractivity contribution is -0.144. The Morgan fingerprint density at radius 1 is 1.26 bits per heavy atom.